The van der Waals surface area contributed by atoms with Crippen molar-refractivity contribution < 1.29 is 17.3 Å². The molecule has 0 bridgehead atoms. The minimum Gasteiger partial charge on any atom is -0.496 e. The third kappa shape index (κ3) is 4.33. The molecule has 0 aliphatic heterocycles. The largest absolute Gasteiger partial charge is 0.496 e. The van der Waals surface area contributed by atoms with Crippen molar-refractivity contribution in [2.75, 3.05) is 13.7 Å². The predicted molar refractivity (Wildman–Crippen MR) is 90.5 cm³/mol. The highest BCUT2D eigenvalue weighted by Crippen LogP contribution is 2.25. The summed E-state index contributed by atoms with van der Waals surface area (Å²) in [4.78, 5) is 0.178. The fraction of sp³-hybridized carbons (Fsp3) is 0.333. The average molecular weight is 334 g/mol. The Morgan fingerprint density at radius 1 is 1.04 bits per heavy atom. The Morgan fingerprint density at radius 3 is 2.30 bits per heavy atom. The van der Waals surface area contributed by atoms with Crippen LogP contribution < -0.4 is 4.74 Å². The molecule has 2 aromatic rings. The summed E-state index contributed by atoms with van der Waals surface area (Å²) in [5, 5.41) is 0. The van der Waals surface area contributed by atoms with Gasteiger partial charge in [-0.1, -0.05) is 36.8 Å². The van der Waals surface area contributed by atoms with E-state index < -0.39 is 10.1 Å². The second-order valence-corrected chi connectivity index (χ2v) is 7.30. The molecule has 0 aliphatic carbocycles. The van der Waals surface area contributed by atoms with Gasteiger partial charge in [-0.3, -0.25) is 4.18 Å². The third-order valence-corrected chi connectivity index (χ3v) is 5.08. The Hall–Kier alpha value is -1.85. The van der Waals surface area contributed by atoms with E-state index in [1.54, 1.807) is 31.4 Å². The van der Waals surface area contributed by atoms with Gasteiger partial charge in [-0.05, 0) is 43.2 Å². The van der Waals surface area contributed by atoms with E-state index >= 15 is 0 Å². The van der Waals surface area contributed by atoms with E-state index in [9.17, 15) is 8.42 Å². The Morgan fingerprint density at radius 2 is 1.70 bits per heavy atom. The van der Waals surface area contributed by atoms with Gasteiger partial charge in [0.2, 0.25) is 0 Å². The van der Waals surface area contributed by atoms with Crippen molar-refractivity contribution in [1.82, 2.24) is 0 Å². The van der Waals surface area contributed by atoms with Gasteiger partial charge in [-0.25, -0.2) is 0 Å². The van der Waals surface area contributed by atoms with E-state index in [1.807, 2.05) is 39.0 Å². The van der Waals surface area contributed by atoms with E-state index in [0.717, 1.165) is 22.4 Å². The molecule has 0 radical (unpaired) electrons. The lowest BCUT2D eigenvalue weighted by molar-refractivity contribution is 0.298. The zero-order valence-corrected chi connectivity index (χ0v) is 14.7. The smallest absolute Gasteiger partial charge is 0.296 e. The quantitative estimate of drug-likeness (QED) is 0.754. The van der Waals surface area contributed by atoms with Crippen LogP contribution in [-0.4, -0.2) is 22.1 Å². The van der Waals surface area contributed by atoms with Crippen molar-refractivity contribution in [3.63, 3.8) is 0 Å². The van der Waals surface area contributed by atoms with Crippen LogP contribution in [0, 0.1) is 13.8 Å². The molecule has 0 fully saturated rings. The van der Waals surface area contributed by atoms with E-state index in [2.05, 4.69) is 0 Å². The second-order valence-electron chi connectivity index (χ2n) is 5.68. The van der Waals surface area contributed by atoms with Gasteiger partial charge in [-0.2, -0.15) is 8.42 Å². The van der Waals surface area contributed by atoms with Crippen LogP contribution in [0.4, 0.5) is 0 Å². The van der Waals surface area contributed by atoms with Crippen LogP contribution in [0.5, 0.6) is 5.75 Å². The first-order valence-electron chi connectivity index (χ1n) is 7.44. The van der Waals surface area contributed by atoms with E-state index in [-0.39, 0.29) is 17.4 Å². The van der Waals surface area contributed by atoms with Gasteiger partial charge in [-0.15, -0.1) is 0 Å². The normalized spacial score (nSPS) is 12.9. The minimum atomic E-state index is -3.74. The van der Waals surface area contributed by atoms with E-state index in [4.69, 9.17) is 8.92 Å². The lowest BCUT2D eigenvalue weighted by atomic mass is 10.0. The second kappa shape index (κ2) is 7.15. The molecule has 0 amide bonds. The molecule has 0 aromatic heterocycles. The highest BCUT2D eigenvalue weighted by molar-refractivity contribution is 7.86. The molecule has 2 rings (SSSR count). The number of aryl methyl sites for hydroxylation is 2. The van der Waals surface area contributed by atoms with Gasteiger partial charge >= 0.3 is 0 Å². The van der Waals surface area contributed by atoms with Crippen molar-refractivity contribution in [2.45, 2.75) is 31.6 Å². The highest BCUT2D eigenvalue weighted by atomic mass is 32.2. The Bertz CT molecular complexity index is 764. The Kier molecular flexibility index (Phi) is 5.44. The zero-order valence-electron chi connectivity index (χ0n) is 13.9. The molecular formula is C18H22O4S. The molecule has 1 unspecified atom stereocenters. The number of benzene rings is 2. The third-order valence-electron chi connectivity index (χ3n) is 3.78. The molecule has 1 atom stereocenters. The highest BCUT2D eigenvalue weighted by Gasteiger charge is 2.17. The van der Waals surface area contributed by atoms with Crippen molar-refractivity contribution in [3.8, 4) is 5.75 Å². The summed E-state index contributed by atoms with van der Waals surface area (Å²) in [5.41, 5.74) is 3.02. The van der Waals surface area contributed by atoms with Crippen LogP contribution in [0.25, 0.3) is 0 Å². The first-order chi connectivity index (χ1) is 10.8. The molecule has 2 aromatic carbocycles. The van der Waals surface area contributed by atoms with Crippen molar-refractivity contribution in [2.24, 2.45) is 0 Å². The first kappa shape index (κ1) is 17.5. The van der Waals surface area contributed by atoms with Gasteiger partial charge in [0, 0.05) is 5.92 Å². The van der Waals surface area contributed by atoms with Crippen molar-refractivity contribution in [3.05, 3.63) is 59.2 Å². The Labute approximate surface area is 138 Å². The van der Waals surface area contributed by atoms with Crippen molar-refractivity contribution in [1.29, 1.82) is 0 Å². The van der Waals surface area contributed by atoms with Crippen LogP contribution in [0.1, 0.15) is 29.5 Å². The van der Waals surface area contributed by atoms with Gasteiger partial charge in [0.15, 0.2) is 0 Å². The summed E-state index contributed by atoms with van der Waals surface area (Å²) >= 11 is 0. The number of ether oxygens (including phenoxy) is 1. The van der Waals surface area contributed by atoms with Crippen LogP contribution in [0.15, 0.2) is 47.4 Å². The van der Waals surface area contributed by atoms with Gasteiger partial charge < -0.3 is 4.74 Å². The maximum absolute atomic E-state index is 12.2. The molecule has 5 heteroatoms. The summed E-state index contributed by atoms with van der Waals surface area (Å²) < 4.78 is 34.9. The van der Waals surface area contributed by atoms with Crippen molar-refractivity contribution >= 4 is 10.1 Å². The summed E-state index contributed by atoms with van der Waals surface area (Å²) in [6.45, 7) is 5.88. The fourth-order valence-electron chi connectivity index (χ4n) is 2.20. The van der Waals surface area contributed by atoms with Crippen LogP contribution >= 0.6 is 0 Å². The first-order valence-corrected chi connectivity index (χ1v) is 8.85. The van der Waals surface area contributed by atoms with Crippen LogP contribution in [-0.2, 0) is 14.3 Å². The zero-order chi connectivity index (χ0) is 17.0. The SMILES string of the molecule is COc1cc(C(C)COS(=O)(=O)c2ccc(C)cc2)ccc1C. The molecule has 0 aliphatic rings. The minimum absolute atomic E-state index is 0.0651. The maximum Gasteiger partial charge on any atom is 0.296 e. The fourth-order valence-corrected chi connectivity index (χ4v) is 3.19. The maximum atomic E-state index is 12.2. The average Bonchev–Trinajstić information content (AvgIpc) is 2.53. The van der Waals surface area contributed by atoms with Crippen LogP contribution in [0.3, 0.4) is 0 Å². The van der Waals surface area contributed by atoms with E-state index in [1.165, 1.54) is 0 Å². The molecule has 124 valence electrons. The number of hydrogen-bond donors (Lipinski definition) is 0. The summed E-state index contributed by atoms with van der Waals surface area (Å²) in [6.07, 6.45) is 0. The van der Waals surface area contributed by atoms with Gasteiger partial charge in [0.05, 0.1) is 18.6 Å². The topological polar surface area (TPSA) is 52.6 Å². The molecule has 0 heterocycles. The molecular weight excluding hydrogens is 312 g/mol. The summed E-state index contributed by atoms with van der Waals surface area (Å²) in [7, 11) is -2.12. The number of rotatable bonds is 6. The van der Waals surface area contributed by atoms with Crippen LogP contribution in [0.2, 0.25) is 0 Å². The molecule has 0 N–H and O–H groups in total. The number of hydrogen-bond acceptors (Lipinski definition) is 4. The lowest BCUT2D eigenvalue weighted by Crippen LogP contribution is -2.12. The molecule has 0 saturated heterocycles. The summed E-state index contributed by atoms with van der Waals surface area (Å²) in [6, 6.07) is 12.5. The molecule has 4 nitrogen and oxygen atoms in total. The predicted octanol–water partition coefficient (Wildman–Crippen LogP) is 3.82. The van der Waals surface area contributed by atoms with Gasteiger partial charge in [0.25, 0.3) is 10.1 Å². The Balaban J connectivity index is 2.09. The molecule has 0 saturated carbocycles. The standard InChI is InChI=1S/C18H22O4S/c1-13-5-9-17(10-6-13)23(19,20)22-12-15(3)16-8-7-14(2)18(11-16)21-4/h5-11,15H,12H2,1-4H3. The molecule has 0 spiro atoms. The van der Waals surface area contributed by atoms with E-state index in [0.29, 0.717) is 0 Å². The monoisotopic (exact) mass is 334 g/mol. The number of methoxy groups -OCH3 is 1. The van der Waals surface area contributed by atoms with Gasteiger partial charge in [0.1, 0.15) is 5.75 Å². The molecule has 23 heavy (non-hydrogen) atoms. The lowest BCUT2D eigenvalue weighted by Gasteiger charge is -2.14. The summed E-state index contributed by atoms with van der Waals surface area (Å²) in [5.74, 6) is 0.723.